The van der Waals surface area contributed by atoms with Gasteiger partial charge in [0.1, 0.15) is 5.82 Å². The summed E-state index contributed by atoms with van der Waals surface area (Å²) < 4.78 is 15.1. The van der Waals surface area contributed by atoms with Gasteiger partial charge in [-0.2, -0.15) is 5.10 Å². The molecule has 0 bridgehead atoms. The van der Waals surface area contributed by atoms with Crippen molar-refractivity contribution in [3.05, 3.63) is 58.7 Å². The molecule has 1 amide bonds. The van der Waals surface area contributed by atoms with E-state index >= 15 is 0 Å². The zero-order valence-electron chi connectivity index (χ0n) is 14.9. The van der Waals surface area contributed by atoms with E-state index in [-0.39, 0.29) is 23.7 Å². The molecule has 0 aliphatic heterocycles. The number of carbonyl (C=O) groups is 1. The summed E-state index contributed by atoms with van der Waals surface area (Å²) in [4.78, 5) is 11.9. The van der Waals surface area contributed by atoms with Crippen molar-refractivity contribution in [3.8, 4) is 0 Å². The normalized spacial score (nSPS) is 11.9. The molecule has 1 aromatic carbocycles. The Morgan fingerprint density at radius 2 is 1.88 bits per heavy atom. The third-order valence-corrected chi connectivity index (χ3v) is 3.81. The predicted octanol–water partition coefficient (Wildman–Crippen LogP) is 3.69. The minimum absolute atomic E-state index is 0.00785. The molecule has 5 heteroatoms. The molecule has 0 aliphatic rings. The number of nitrogens with one attached hydrogen (secondary N) is 1. The van der Waals surface area contributed by atoms with Crippen molar-refractivity contribution in [1.82, 2.24) is 9.99 Å². The van der Waals surface area contributed by atoms with Gasteiger partial charge in [-0.25, -0.2) is 9.82 Å². The molecule has 1 N–H and O–H groups in total. The number of nitrogens with zero attached hydrogens (tertiary/aromatic N) is 2. The van der Waals surface area contributed by atoms with Crippen LogP contribution in [-0.4, -0.2) is 16.7 Å². The van der Waals surface area contributed by atoms with Crippen LogP contribution >= 0.6 is 0 Å². The second-order valence-electron chi connectivity index (χ2n) is 6.93. The van der Waals surface area contributed by atoms with Crippen LogP contribution in [0.4, 0.5) is 4.39 Å². The maximum Gasteiger partial charge on any atom is 0.244 e. The highest BCUT2D eigenvalue weighted by molar-refractivity contribution is 5.84. The highest BCUT2D eigenvalue weighted by Crippen LogP contribution is 2.23. The van der Waals surface area contributed by atoms with E-state index < -0.39 is 0 Å². The summed E-state index contributed by atoms with van der Waals surface area (Å²) >= 11 is 0. The summed E-state index contributed by atoms with van der Waals surface area (Å²) in [5, 5.41) is 4.04. The highest BCUT2D eigenvalue weighted by Gasteiger charge is 2.18. The van der Waals surface area contributed by atoms with Crippen LogP contribution in [0.5, 0.6) is 0 Å². The van der Waals surface area contributed by atoms with Gasteiger partial charge >= 0.3 is 0 Å². The lowest BCUT2D eigenvalue weighted by molar-refractivity contribution is -0.120. The Kier molecular flexibility index (Phi) is 5.22. The van der Waals surface area contributed by atoms with Crippen LogP contribution in [0.15, 0.2) is 35.4 Å². The molecule has 24 heavy (non-hydrogen) atoms. The fraction of sp³-hybridized carbons (Fsp3) is 0.368. The number of hydrazone groups is 1. The van der Waals surface area contributed by atoms with E-state index in [0.29, 0.717) is 0 Å². The fourth-order valence-electron chi connectivity index (χ4n) is 2.95. The van der Waals surface area contributed by atoms with Crippen LogP contribution in [0.1, 0.15) is 43.3 Å². The second kappa shape index (κ2) is 6.99. The summed E-state index contributed by atoms with van der Waals surface area (Å²) in [6.07, 6.45) is 1.83. The Bertz CT molecular complexity index is 752. The lowest BCUT2D eigenvalue weighted by Gasteiger charge is -2.25. The average molecular weight is 329 g/mol. The molecule has 4 nitrogen and oxygen atoms in total. The fourth-order valence-corrected chi connectivity index (χ4v) is 2.95. The molecular formula is C19H24FN3O. The molecule has 0 fully saturated rings. The number of amides is 1. The van der Waals surface area contributed by atoms with Gasteiger partial charge in [0.05, 0.1) is 12.6 Å². The number of benzene rings is 1. The van der Waals surface area contributed by atoms with Crippen LogP contribution in [0.25, 0.3) is 0 Å². The van der Waals surface area contributed by atoms with Crippen molar-refractivity contribution < 1.29 is 9.18 Å². The predicted molar refractivity (Wildman–Crippen MR) is 94.7 cm³/mol. The first-order valence-electron chi connectivity index (χ1n) is 7.94. The van der Waals surface area contributed by atoms with Crippen LogP contribution in [0.2, 0.25) is 0 Å². The van der Waals surface area contributed by atoms with Gasteiger partial charge in [-0.15, -0.1) is 0 Å². The molecule has 2 rings (SSSR count). The highest BCUT2D eigenvalue weighted by atomic mass is 19.1. The molecule has 0 radical (unpaired) electrons. The maximum atomic E-state index is 12.8. The lowest BCUT2D eigenvalue weighted by atomic mass is 10.1. The number of hydrogen-bond acceptors (Lipinski definition) is 2. The van der Waals surface area contributed by atoms with Crippen LogP contribution < -0.4 is 5.43 Å². The molecule has 0 unspecified atom stereocenters. The monoisotopic (exact) mass is 329 g/mol. The summed E-state index contributed by atoms with van der Waals surface area (Å²) in [5.74, 6) is -0.547. The molecule has 1 aromatic heterocycles. The number of halogens is 1. The van der Waals surface area contributed by atoms with E-state index in [2.05, 4.69) is 48.9 Å². The summed E-state index contributed by atoms with van der Waals surface area (Å²) in [6, 6.07) is 7.92. The molecule has 1 heterocycles. The number of rotatable bonds is 4. The summed E-state index contributed by atoms with van der Waals surface area (Å²) in [5.41, 5.74) is 6.49. The van der Waals surface area contributed by atoms with Crippen molar-refractivity contribution >= 4 is 12.1 Å². The van der Waals surface area contributed by atoms with Crippen molar-refractivity contribution in [2.75, 3.05) is 0 Å². The minimum atomic E-state index is -0.314. The van der Waals surface area contributed by atoms with Crippen molar-refractivity contribution in [2.24, 2.45) is 5.10 Å². The Morgan fingerprint density at radius 1 is 1.25 bits per heavy atom. The Morgan fingerprint density at radius 3 is 2.42 bits per heavy atom. The zero-order valence-corrected chi connectivity index (χ0v) is 14.9. The molecule has 2 aromatic rings. The summed E-state index contributed by atoms with van der Waals surface area (Å²) in [7, 11) is 0. The summed E-state index contributed by atoms with van der Waals surface area (Å²) in [6.45, 7) is 10.6. The lowest BCUT2D eigenvalue weighted by Crippen LogP contribution is -2.24. The number of carbonyl (C=O) groups excluding carboxylic acids is 1. The first kappa shape index (κ1) is 17.9. The molecule has 128 valence electrons. The zero-order chi connectivity index (χ0) is 17.9. The molecule has 0 saturated heterocycles. The molecule has 0 spiro atoms. The van der Waals surface area contributed by atoms with E-state index in [9.17, 15) is 9.18 Å². The van der Waals surface area contributed by atoms with E-state index in [1.165, 1.54) is 12.1 Å². The SMILES string of the molecule is Cc1cc(/C=N/NC(=O)Cc2ccc(F)cc2)c(C)n1C(C)(C)C. The van der Waals surface area contributed by atoms with Gasteiger partial charge < -0.3 is 4.57 Å². The van der Waals surface area contributed by atoms with Gasteiger partial charge in [0.15, 0.2) is 0 Å². The van der Waals surface area contributed by atoms with Crippen molar-refractivity contribution in [3.63, 3.8) is 0 Å². The van der Waals surface area contributed by atoms with Crippen molar-refractivity contribution in [2.45, 2.75) is 46.6 Å². The van der Waals surface area contributed by atoms with Gasteiger partial charge in [-0.3, -0.25) is 4.79 Å². The van der Waals surface area contributed by atoms with Crippen LogP contribution in [-0.2, 0) is 16.8 Å². The molecular weight excluding hydrogens is 305 g/mol. The Labute approximate surface area is 142 Å². The number of hydrogen-bond donors (Lipinski definition) is 1. The first-order chi connectivity index (χ1) is 11.2. The van der Waals surface area contributed by atoms with E-state index in [0.717, 1.165) is 22.5 Å². The Balaban J connectivity index is 2.01. The average Bonchev–Trinajstić information content (AvgIpc) is 2.75. The van der Waals surface area contributed by atoms with E-state index in [1.54, 1.807) is 18.3 Å². The standard InChI is InChI=1S/C19H24FN3O/c1-13-10-16(14(2)23(13)19(3,4)5)12-21-22-18(24)11-15-6-8-17(20)9-7-15/h6-10,12H,11H2,1-5H3,(H,22,24)/b21-12+. The van der Waals surface area contributed by atoms with Crippen molar-refractivity contribution in [1.29, 1.82) is 0 Å². The van der Waals surface area contributed by atoms with Crippen LogP contribution in [0.3, 0.4) is 0 Å². The maximum absolute atomic E-state index is 12.8. The largest absolute Gasteiger partial charge is 0.343 e. The first-order valence-corrected chi connectivity index (χ1v) is 7.94. The molecule has 0 aliphatic carbocycles. The molecule has 0 saturated carbocycles. The van der Waals surface area contributed by atoms with E-state index in [1.807, 2.05) is 6.92 Å². The smallest absolute Gasteiger partial charge is 0.244 e. The van der Waals surface area contributed by atoms with Gasteiger partial charge in [0, 0.05) is 22.5 Å². The van der Waals surface area contributed by atoms with Crippen LogP contribution in [0, 0.1) is 19.7 Å². The third-order valence-electron chi connectivity index (χ3n) is 3.81. The quantitative estimate of drug-likeness (QED) is 0.675. The van der Waals surface area contributed by atoms with E-state index in [4.69, 9.17) is 0 Å². The number of aromatic nitrogens is 1. The van der Waals surface area contributed by atoms with Gasteiger partial charge in [0.2, 0.25) is 5.91 Å². The Hall–Kier alpha value is -2.43. The molecule has 0 atom stereocenters. The third kappa shape index (κ3) is 4.31. The minimum Gasteiger partial charge on any atom is -0.343 e. The number of aryl methyl sites for hydroxylation is 1. The topological polar surface area (TPSA) is 46.4 Å². The van der Waals surface area contributed by atoms with Gasteiger partial charge in [-0.05, 0) is 58.4 Å². The van der Waals surface area contributed by atoms with Gasteiger partial charge in [0.25, 0.3) is 0 Å². The second-order valence-corrected chi connectivity index (χ2v) is 6.93. The van der Waals surface area contributed by atoms with Gasteiger partial charge in [-0.1, -0.05) is 12.1 Å².